The summed E-state index contributed by atoms with van der Waals surface area (Å²) < 4.78 is 5.63. The van der Waals surface area contributed by atoms with Crippen molar-refractivity contribution in [1.82, 2.24) is 9.97 Å². The Morgan fingerprint density at radius 2 is 2.08 bits per heavy atom. The average molecular weight is 362 g/mol. The molecule has 2 heterocycles. The third kappa shape index (κ3) is 3.34. The molecule has 1 amide bonds. The van der Waals surface area contributed by atoms with E-state index in [4.69, 9.17) is 16.3 Å². The van der Waals surface area contributed by atoms with Crippen molar-refractivity contribution in [1.29, 1.82) is 0 Å². The van der Waals surface area contributed by atoms with Crippen LogP contribution in [0.1, 0.15) is 16.0 Å². The average Bonchev–Trinajstić information content (AvgIpc) is 2.84. The van der Waals surface area contributed by atoms with E-state index in [0.717, 1.165) is 26.2 Å². The van der Waals surface area contributed by atoms with E-state index in [2.05, 4.69) is 15.3 Å². The maximum atomic E-state index is 12.2. The molecule has 0 spiro atoms. The highest BCUT2D eigenvalue weighted by Gasteiger charge is 2.14. The topological polar surface area (TPSA) is 64.1 Å². The van der Waals surface area contributed by atoms with Gasteiger partial charge in [0.25, 0.3) is 5.91 Å². The molecule has 1 N–H and O–H groups in total. The van der Waals surface area contributed by atoms with Gasteiger partial charge in [0.2, 0.25) is 5.88 Å². The van der Waals surface area contributed by atoms with Gasteiger partial charge in [-0.25, -0.2) is 9.97 Å². The van der Waals surface area contributed by atoms with Crippen molar-refractivity contribution >= 4 is 44.7 Å². The lowest BCUT2D eigenvalue weighted by atomic mass is 10.2. The number of thiophene rings is 1. The minimum absolute atomic E-state index is 0.133. The van der Waals surface area contributed by atoms with Crippen molar-refractivity contribution in [2.24, 2.45) is 0 Å². The van der Waals surface area contributed by atoms with Crippen molar-refractivity contribution < 1.29 is 9.53 Å². The molecule has 0 unspecified atom stereocenters. The number of amides is 1. The lowest BCUT2D eigenvalue weighted by Gasteiger charge is -2.10. The summed E-state index contributed by atoms with van der Waals surface area (Å²) in [6, 6.07) is 5.34. The van der Waals surface area contributed by atoms with Crippen LogP contribution in [-0.4, -0.2) is 22.5 Å². The molecule has 3 aromatic rings. The summed E-state index contributed by atoms with van der Waals surface area (Å²) in [6.07, 6.45) is 1.45. The van der Waals surface area contributed by atoms with Gasteiger partial charge in [-0.2, -0.15) is 0 Å². The molecule has 24 heavy (non-hydrogen) atoms. The first-order valence-corrected chi connectivity index (χ1v) is 8.54. The molecule has 3 rings (SSSR count). The number of anilines is 1. The molecule has 0 bridgehead atoms. The fraction of sp³-hybridized carbons (Fsp3) is 0.235. The van der Waals surface area contributed by atoms with Crippen LogP contribution in [0.25, 0.3) is 10.2 Å². The zero-order valence-electron chi connectivity index (χ0n) is 13.5. The van der Waals surface area contributed by atoms with Gasteiger partial charge in [-0.15, -0.1) is 11.3 Å². The Balaban J connectivity index is 1.74. The third-order valence-electron chi connectivity index (χ3n) is 3.74. The predicted octanol–water partition coefficient (Wildman–Crippen LogP) is 4.29. The second-order valence-corrected chi connectivity index (χ2v) is 7.08. The Morgan fingerprint density at radius 1 is 1.29 bits per heavy atom. The van der Waals surface area contributed by atoms with Crippen LogP contribution in [0.4, 0.5) is 5.69 Å². The Labute approximate surface area is 148 Å². The molecule has 0 saturated carbocycles. The molecular formula is C17H16ClN3O2S. The molecule has 0 radical (unpaired) electrons. The van der Waals surface area contributed by atoms with Gasteiger partial charge < -0.3 is 10.1 Å². The lowest BCUT2D eigenvalue weighted by molar-refractivity contribution is -0.118. The van der Waals surface area contributed by atoms with Crippen molar-refractivity contribution in [2.45, 2.75) is 20.8 Å². The fourth-order valence-electron chi connectivity index (χ4n) is 2.31. The summed E-state index contributed by atoms with van der Waals surface area (Å²) in [5.41, 5.74) is 2.68. The van der Waals surface area contributed by atoms with Crippen molar-refractivity contribution in [3.05, 3.63) is 45.6 Å². The number of ether oxygens (including phenoxy) is 1. The number of fused-ring (bicyclic) bond motifs is 1. The molecule has 0 aliphatic rings. The smallest absolute Gasteiger partial charge is 0.262 e. The van der Waals surface area contributed by atoms with Gasteiger partial charge in [0.1, 0.15) is 11.2 Å². The maximum absolute atomic E-state index is 12.2. The summed E-state index contributed by atoms with van der Waals surface area (Å²) in [5, 5.41) is 4.24. The van der Waals surface area contributed by atoms with Gasteiger partial charge >= 0.3 is 0 Å². The number of nitrogens with one attached hydrogen (secondary N) is 1. The highest BCUT2D eigenvalue weighted by molar-refractivity contribution is 7.18. The number of nitrogens with zero attached hydrogens (tertiary/aromatic N) is 2. The number of aromatic nitrogens is 2. The van der Waals surface area contributed by atoms with E-state index in [1.54, 1.807) is 23.5 Å². The first-order valence-electron chi connectivity index (χ1n) is 7.35. The van der Waals surface area contributed by atoms with Crippen molar-refractivity contribution in [3.63, 3.8) is 0 Å². The summed E-state index contributed by atoms with van der Waals surface area (Å²) in [5.74, 6) is 0.163. The molecule has 0 aliphatic heterocycles. The van der Waals surface area contributed by atoms with Crippen molar-refractivity contribution in [3.8, 4) is 5.88 Å². The molecule has 0 fully saturated rings. The van der Waals surface area contributed by atoms with E-state index in [0.29, 0.717) is 16.6 Å². The van der Waals surface area contributed by atoms with E-state index in [1.165, 1.54) is 6.33 Å². The highest BCUT2D eigenvalue weighted by atomic mass is 35.5. The largest absolute Gasteiger partial charge is 0.467 e. The minimum Gasteiger partial charge on any atom is -0.467 e. The Morgan fingerprint density at radius 3 is 2.88 bits per heavy atom. The van der Waals surface area contributed by atoms with Gasteiger partial charge in [-0.3, -0.25) is 4.79 Å². The second-order valence-electron chi connectivity index (χ2n) is 5.44. The number of aryl methyl sites for hydroxylation is 3. The van der Waals surface area contributed by atoms with Gasteiger partial charge in [0.05, 0.1) is 5.39 Å². The zero-order chi connectivity index (χ0) is 17.3. The van der Waals surface area contributed by atoms with Crippen LogP contribution in [0.15, 0.2) is 24.5 Å². The summed E-state index contributed by atoms with van der Waals surface area (Å²) >= 11 is 7.55. The molecule has 7 heteroatoms. The predicted molar refractivity (Wildman–Crippen MR) is 97.2 cm³/mol. The molecule has 0 atom stereocenters. The lowest BCUT2D eigenvalue weighted by Crippen LogP contribution is -2.21. The molecule has 0 aliphatic carbocycles. The van der Waals surface area contributed by atoms with E-state index in [-0.39, 0.29) is 12.5 Å². The number of hydrogen-bond donors (Lipinski definition) is 1. The minimum atomic E-state index is -0.267. The number of carbonyl (C=O) groups is 1. The number of halogens is 1. The van der Waals surface area contributed by atoms with Crippen LogP contribution >= 0.6 is 22.9 Å². The summed E-state index contributed by atoms with van der Waals surface area (Å²) in [7, 11) is 0. The SMILES string of the molecule is Cc1ccc(Cl)cc1NC(=O)COc1ncnc2sc(C)c(C)c12. The standard InChI is InChI=1S/C17H16ClN3O2S/c1-9-4-5-12(18)6-13(9)21-14(22)7-23-16-15-10(2)11(3)24-17(15)20-8-19-16/h4-6,8H,7H2,1-3H3,(H,21,22). The van der Waals surface area contributed by atoms with Gasteiger partial charge in [-0.1, -0.05) is 17.7 Å². The third-order valence-corrected chi connectivity index (χ3v) is 5.09. The van der Waals surface area contributed by atoms with Gasteiger partial charge in [0.15, 0.2) is 6.61 Å². The zero-order valence-corrected chi connectivity index (χ0v) is 15.1. The summed E-state index contributed by atoms with van der Waals surface area (Å²) in [6.45, 7) is 5.80. The van der Waals surface area contributed by atoms with Crippen LogP contribution < -0.4 is 10.1 Å². The van der Waals surface area contributed by atoms with Gasteiger partial charge in [-0.05, 0) is 44.0 Å². The number of hydrogen-bond acceptors (Lipinski definition) is 5. The van der Waals surface area contributed by atoms with Gasteiger partial charge in [0, 0.05) is 15.6 Å². The monoisotopic (exact) mass is 361 g/mol. The maximum Gasteiger partial charge on any atom is 0.262 e. The fourth-order valence-corrected chi connectivity index (χ4v) is 3.47. The highest BCUT2D eigenvalue weighted by Crippen LogP contribution is 2.33. The van der Waals surface area contributed by atoms with Crippen molar-refractivity contribution in [2.75, 3.05) is 11.9 Å². The van der Waals surface area contributed by atoms with E-state index in [9.17, 15) is 4.79 Å². The molecule has 2 aromatic heterocycles. The second kappa shape index (κ2) is 6.75. The van der Waals surface area contributed by atoms with E-state index in [1.807, 2.05) is 26.8 Å². The molecule has 1 aromatic carbocycles. The molecule has 0 saturated heterocycles. The Hall–Kier alpha value is -2.18. The number of benzene rings is 1. The first kappa shape index (κ1) is 16.7. The van der Waals surface area contributed by atoms with E-state index < -0.39 is 0 Å². The van der Waals surface area contributed by atoms with Crippen LogP contribution in [-0.2, 0) is 4.79 Å². The van der Waals surface area contributed by atoms with Crippen LogP contribution in [0.5, 0.6) is 5.88 Å². The number of carbonyl (C=O) groups excluding carboxylic acids is 1. The molecule has 5 nitrogen and oxygen atoms in total. The van der Waals surface area contributed by atoms with E-state index >= 15 is 0 Å². The summed E-state index contributed by atoms with van der Waals surface area (Å²) in [4.78, 5) is 22.6. The number of rotatable bonds is 4. The Bertz CT molecular complexity index is 924. The van der Waals surface area contributed by atoms with Crippen LogP contribution in [0, 0.1) is 20.8 Å². The first-order chi connectivity index (χ1) is 11.5. The Kier molecular flexibility index (Phi) is 4.69. The normalized spacial score (nSPS) is 10.8. The quantitative estimate of drug-likeness (QED) is 0.753. The van der Waals surface area contributed by atoms with Crippen LogP contribution in [0.3, 0.4) is 0 Å². The molecular weight excluding hydrogens is 346 g/mol. The molecule has 124 valence electrons. The van der Waals surface area contributed by atoms with Crippen LogP contribution in [0.2, 0.25) is 5.02 Å².